The van der Waals surface area contributed by atoms with Crippen LogP contribution in [-0.2, 0) is 4.74 Å². The Morgan fingerprint density at radius 1 is 1.08 bits per heavy atom. The lowest BCUT2D eigenvalue weighted by atomic mass is 9.96. The summed E-state index contributed by atoms with van der Waals surface area (Å²) in [5.74, 6) is -0.00400. The van der Waals surface area contributed by atoms with E-state index in [1.807, 2.05) is 17.0 Å². The van der Waals surface area contributed by atoms with Gasteiger partial charge in [0.05, 0.1) is 43.2 Å². The number of anilines is 4. The molecule has 38 heavy (non-hydrogen) atoms. The number of ether oxygens (including phenoxy) is 1. The van der Waals surface area contributed by atoms with E-state index in [0.29, 0.717) is 32.0 Å². The van der Waals surface area contributed by atoms with E-state index >= 15 is 0 Å². The lowest BCUT2D eigenvalue weighted by molar-refractivity contribution is 0.122. The van der Waals surface area contributed by atoms with Crippen LogP contribution in [0.25, 0.3) is 5.57 Å². The van der Waals surface area contributed by atoms with Gasteiger partial charge >= 0.3 is 0 Å². The minimum absolute atomic E-state index is 0.216. The van der Waals surface area contributed by atoms with Gasteiger partial charge in [-0.3, -0.25) is 4.98 Å². The minimum Gasteiger partial charge on any atom is -0.378 e. The normalized spacial score (nSPS) is 16.6. The number of morpholine rings is 1. The Bertz CT molecular complexity index is 1290. The Balaban J connectivity index is 1.21. The van der Waals surface area contributed by atoms with Crippen molar-refractivity contribution in [3.8, 4) is 0 Å². The van der Waals surface area contributed by atoms with E-state index in [9.17, 15) is 4.39 Å². The number of pyridine rings is 1. The van der Waals surface area contributed by atoms with Crippen molar-refractivity contribution >= 4 is 34.9 Å². The average molecular weight is 517 g/mol. The van der Waals surface area contributed by atoms with Crippen molar-refractivity contribution in [1.82, 2.24) is 20.3 Å². The van der Waals surface area contributed by atoms with Crippen LogP contribution in [-0.4, -0.2) is 60.6 Å². The third-order valence-corrected chi connectivity index (χ3v) is 6.43. The number of nitrogens with zero attached hydrogens (tertiary/aromatic N) is 5. The molecular formula is C28H33FN8O. The molecule has 3 N–H and O–H groups in total. The number of hydrazone groups is 1. The quantitative estimate of drug-likeness (QED) is 0.312. The van der Waals surface area contributed by atoms with Crippen molar-refractivity contribution < 1.29 is 9.13 Å². The maximum Gasteiger partial charge on any atom is 0.245 e. The zero-order valence-corrected chi connectivity index (χ0v) is 21.6. The number of rotatable bonds is 7. The molecule has 0 atom stereocenters. The van der Waals surface area contributed by atoms with Crippen LogP contribution < -0.4 is 21.0 Å². The van der Waals surface area contributed by atoms with E-state index in [1.54, 1.807) is 12.4 Å². The van der Waals surface area contributed by atoms with Crippen LogP contribution >= 0.6 is 0 Å². The molecule has 1 fully saturated rings. The number of aromatic nitrogens is 3. The van der Waals surface area contributed by atoms with Gasteiger partial charge in [-0.2, -0.15) is 10.1 Å². The first-order chi connectivity index (χ1) is 18.6. The van der Waals surface area contributed by atoms with Crippen LogP contribution in [0.2, 0.25) is 0 Å². The minimum atomic E-state index is -0.467. The second-order valence-electron chi connectivity index (χ2n) is 9.39. The summed E-state index contributed by atoms with van der Waals surface area (Å²) in [7, 11) is 0. The van der Waals surface area contributed by atoms with Gasteiger partial charge in [-0.15, -0.1) is 0 Å². The summed E-state index contributed by atoms with van der Waals surface area (Å²) in [6.45, 7) is 6.48. The highest BCUT2D eigenvalue weighted by molar-refractivity contribution is 5.78. The third-order valence-electron chi connectivity index (χ3n) is 6.43. The molecule has 0 radical (unpaired) electrons. The first-order valence-corrected chi connectivity index (χ1v) is 13.0. The second kappa shape index (κ2) is 12.6. The van der Waals surface area contributed by atoms with E-state index in [4.69, 9.17) is 4.74 Å². The Hall–Kier alpha value is -3.89. The van der Waals surface area contributed by atoms with Gasteiger partial charge in [-0.05, 0) is 80.2 Å². The number of halogens is 1. The van der Waals surface area contributed by atoms with Gasteiger partial charge in [0, 0.05) is 18.8 Å². The molecule has 5 rings (SSSR count). The number of allylic oxidation sites excluding steroid dienone is 1. The standard InChI is InChI=1S/C28H33FN8O/c1-20-14-22(21-4-2-8-30-9-3-5-21)16-25(15-20)34-24-7-6-23(31-17-24)18-33-36-28-32-19-26(29)27(35-28)37-10-12-38-13-11-37/h4,6-7,14-19,30,34H,2-3,5,8-13H2,1H3,(H,32,35,36)/b21-4?,33-18+. The van der Waals surface area contributed by atoms with Crippen molar-refractivity contribution in [2.75, 3.05) is 55.0 Å². The summed E-state index contributed by atoms with van der Waals surface area (Å²) in [5.41, 5.74) is 9.26. The molecule has 0 saturated carbocycles. The van der Waals surface area contributed by atoms with Gasteiger partial charge in [-0.1, -0.05) is 12.1 Å². The first-order valence-electron chi connectivity index (χ1n) is 13.0. The van der Waals surface area contributed by atoms with Crippen LogP contribution in [0.4, 0.5) is 27.5 Å². The van der Waals surface area contributed by atoms with Crippen LogP contribution in [0.3, 0.4) is 0 Å². The third kappa shape index (κ3) is 6.90. The summed E-state index contributed by atoms with van der Waals surface area (Å²) in [5, 5.41) is 11.1. The van der Waals surface area contributed by atoms with Gasteiger partial charge in [0.2, 0.25) is 5.95 Å². The van der Waals surface area contributed by atoms with Gasteiger partial charge < -0.3 is 20.3 Å². The van der Waals surface area contributed by atoms with E-state index in [2.05, 4.69) is 67.3 Å². The lowest BCUT2D eigenvalue weighted by Crippen LogP contribution is -2.37. The molecule has 2 aromatic heterocycles. The van der Waals surface area contributed by atoms with Gasteiger partial charge in [0.1, 0.15) is 0 Å². The maximum atomic E-state index is 14.2. The topological polar surface area (TPSA) is 99.6 Å². The van der Waals surface area contributed by atoms with E-state index in [0.717, 1.165) is 49.9 Å². The number of benzene rings is 1. The Morgan fingerprint density at radius 2 is 1.97 bits per heavy atom. The molecular weight excluding hydrogens is 483 g/mol. The van der Waals surface area contributed by atoms with Crippen LogP contribution in [0, 0.1) is 12.7 Å². The lowest BCUT2D eigenvalue weighted by Gasteiger charge is -2.27. The fourth-order valence-electron chi connectivity index (χ4n) is 4.57. The molecule has 3 aromatic rings. The highest BCUT2D eigenvalue weighted by Crippen LogP contribution is 2.27. The molecule has 0 aliphatic carbocycles. The van der Waals surface area contributed by atoms with Gasteiger partial charge in [-0.25, -0.2) is 14.8 Å². The average Bonchev–Trinajstić information content (AvgIpc) is 2.91. The molecule has 0 unspecified atom stereocenters. The SMILES string of the molecule is Cc1cc(Nc2ccc(/C=N/Nc3ncc(F)c(N4CCOCC4)n3)nc2)cc(C2=CCCNCCC2)c1. The fraction of sp³-hybridized carbons (Fsp3) is 0.357. The molecule has 10 heteroatoms. The molecule has 9 nitrogen and oxygen atoms in total. The zero-order chi connectivity index (χ0) is 26.2. The van der Waals surface area contributed by atoms with Crippen molar-refractivity contribution in [2.24, 2.45) is 5.10 Å². The van der Waals surface area contributed by atoms with E-state index in [1.165, 1.54) is 16.7 Å². The molecule has 198 valence electrons. The first kappa shape index (κ1) is 25.7. The Morgan fingerprint density at radius 3 is 2.82 bits per heavy atom. The highest BCUT2D eigenvalue weighted by Gasteiger charge is 2.17. The molecule has 0 amide bonds. The molecule has 1 aromatic carbocycles. The molecule has 0 bridgehead atoms. The molecule has 1 saturated heterocycles. The molecule has 0 spiro atoms. The summed E-state index contributed by atoms with van der Waals surface area (Å²) in [6, 6.07) is 10.4. The largest absolute Gasteiger partial charge is 0.378 e. The van der Waals surface area contributed by atoms with Gasteiger partial charge in [0.25, 0.3) is 0 Å². The number of hydrogen-bond donors (Lipinski definition) is 3. The van der Waals surface area contributed by atoms with E-state index < -0.39 is 5.82 Å². The fourth-order valence-corrected chi connectivity index (χ4v) is 4.57. The van der Waals surface area contributed by atoms with Crippen molar-refractivity contribution in [2.45, 2.75) is 26.2 Å². The summed E-state index contributed by atoms with van der Waals surface area (Å²) < 4.78 is 19.5. The smallest absolute Gasteiger partial charge is 0.245 e. The van der Waals surface area contributed by atoms with Crippen LogP contribution in [0.15, 0.2) is 53.9 Å². The number of hydrogen-bond acceptors (Lipinski definition) is 9. The Labute approximate surface area is 222 Å². The number of nitrogens with one attached hydrogen (secondary N) is 3. The van der Waals surface area contributed by atoms with Crippen molar-refractivity contribution in [1.29, 1.82) is 0 Å². The second-order valence-corrected chi connectivity index (χ2v) is 9.39. The number of aryl methyl sites for hydroxylation is 1. The van der Waals surface area contributed by atoms with E-state index in [-0.39, 0.29) is 11.8 Å². The predicted octanol–water partition coefficient (Wildman–Crippen LogP) is 4.50. The molecule has 2 aliphatic heterocycles. The van der Waals surface area contributed by atoms with Crippen LogP contribution in [0.1, 0.15) is 36.1 Å². The summed E-state index contributed by atoms with van der Waals surface area (Å²) >= 11 is 0. The Kier molecular flexibility index (Phi) is 8.52. The van der Waals surface area contributed by atoms with Crippen molar-refractivity contribution in [3.05, 3.63) is 71.4 Å². The molecule has 2 aliphatic rings. The maximum absolute atomic E-state index is 14.2. The molecule has 4 heterocycles. The summed E-state index contributed by atoms with van der Waals surface area (Å²) in [6.07, 6.45) is 10.1. The van der Waals surface area contributed by atoms with Crippen LogP contribution in [0.5, 0.6) is 0 Å². The predicted molar refractivity (Wildman–Crippen MR) is 150 cm³/mol. The summed E-state index contributed by atoms with van der Waals surface area (Å²) in [4.78, 5) is 14.6. The highest BCUT2D eigenvalue weighted by atomic mass is 19.1. The zero-order valence-electron chi connectivity index (χ0n) is 21.6. The van der Waals surface area contributed by atoms with Gasteiger partial charge in [0.15, 0.2) is 11.6 Å². The van der Waals surface area contributed by atoms with Crippen molar-refractivity contribution in [3.63, 3.8) is 0 Å². The monoisotopic (exact) mass is 516 g/mol.